The van der Waals surface area contributed by atoms with Gasteiger partial charge in [-0.25, -0.2) is 4.79 Å². The summed E-state index contributed by atoms with van der Waals surface area (Å²) in [6.07, 6.45) is 1.61. The van der Waals surface area contributed by atoms with E-state index in [2.05, 4.69) is 4.90 Å². The van der Waals surface area contributed by atoms with E-state index >= 15 is 0 Å². The highest BCUT2D eigenvalue weighted by Gasteiger charge is 2.65. The average molecular weight is 271 g/mol. The number of piperidine rings is 1. The second kappa shape index (κ2) is 3.85. The molecule has 3 atom stereocenters. The van der Waals surface area contributed by atoms with E-state index in [1.165, 1.54) is 4.90 Å². The number of hydrogen-bond donors (Lipinski definition) is 2. The number of carboxylic acid groups (broad SMARTS) is 1. The first-order valence-electron chi connectivity index (χ1n) is 6.13. The highest BCUT2D eigenvalue weighted by Crippen LogP contribution is 2.54. The molecular weight excluding hydrogens is 254 g/mol. The molecule has 2 unspecified atom stereocenters. The lowest BCUT2D eigenvalue weighted by Gasteiger charge is -2.42. The van der Waals surface area contributed by atoms with Gasteiger partial charge < -0.3 is 20.6 Å². The van der Waals surface area contributed by atoms with Gasteiger partial charge in [-0.3, -0.25) is 4.79 Å². The van der Waals surface area contributed by atoms with Crippen LogP contribution in [0.4, 0.5) is 0 Å². The number of nitrogens with two attached hydrogens (primary N) is 1. The van der Waals surface area contributed by atoms with Crippen LogP contribution in [0.2, 0.25) is 0 Å². The Morgan fingerprint density at radius 2 is 2.11 bits per heavy atom. The Morgan fingerprint density at radius 1 is 1.50 bits per heavy atom. The minimum absolute atomic E-state index is 0.137. The molecule has 7 heteroatoms. The first-order valence-corrected chi connectivity index (χ1v) is 7.01. The van der Waals surface area contributed by atoms with Crippen molar-refractivity contribution in [1.82, 2.24) is 9.80 Å². The number of carbonyl (C=O) groups excluding carboxylic acids is 1. The normalized spacial score (nSPS) is 38.7. The Hall–Kier alpha value is -0.790. The van der Waals surface area contributed by atoms with Crippen molar-refractivity contribution in [3.05, 3.63) is 0 Å². The summed E-state index contributed by atoms with van der Waals surface area (Å²) in [6, 6.07) is -1.22. The summed E-state index contributed by atoms with van der Waals surface area (Å²) in [5.41, 5.74) is 5.77. The molecule has 1 amide bonds. The van der Waals surface area contributed by atoms with E-state index in [-0.39, 0.29) is 16.0 Å². The number of aliphatic carboxylic acids is 1. The van der Waals surface area contributed by atoms with Gasteiger partial charge in [0.1, 0.15) is 17.5 Å². The Bertz CT molecular complexity index is 408. The predicted octanol–water partition coefficient (Wildman–Crippen LogP) is -0.854. The van der Waals surface area contributed by atoms with E-state index in [1.54, 1.807) is 11.8 Å². The molecule has 3 saturated heterocycles. The molecule has 0 aromatic carbocycles. The van der Waals surface area contributed by atoms with Gasteiger partial charge in [0.05, 0.1) is 4.75 Å². The molecule has 1 spiro atoms. The average Bonchev–Trinajstić information content (AvgIpc) is 2.65. The standard InChI is InChI=1S/C11H17N3O3S/c1-13-4-2-11(3-5-13)7(10(16)17)14-8(15)6(12)9(14)18-11/h6-7,9H,2-5,12H2,1H3,(H,16,17)/t6?,7?,9-/m1/s1. The zero-order valence-corrected chi connectivity index (χ0v) is 11.0. The number of rotatable bonds is 1. The number of amides is 1. The van der Waals surface area contributed by atoms with Crippen molar-refractivity contribution in [2.24, 2.45) is 5.73 Å². The summed E-state index contributed by atoms with van der Waals surface area (Å²) >= 11 is 1.61. The largest absolute Gasteiger partial charge is 0.480 e. The van der Waals surface area contributed by atoms with Crippen molar-refractivity contribution in [3.63, 3.8) is 0 Å². The number of fused-ring (bicyclic) bond motifs is 1. The Balaban J connectivity index is 1.90. The second-order valence-corrected chi connectivity index (χ2v) is 6.92. The van der Waals surface area contributed by atoms with Crippen LogP contribution in [0.3, 0.4) is 0 Å². The minimum Gasteiger partial charge on any atom is -0.480 e. The lowest BCUT2D eigenvalue weighted by molar-refractivity contribution is -0.159. The third-order valence-corrected chi connectivity index (χ3v) is 6.18. The second-order valence-electron chi connectivity index (χ2n) is 5.39. The van der Waals surface area contributed by atoms with Crippen molar-refractivity contribution in [1.29, 1.82) is 0 Å². The molecule has 0 aromatic heterocycles. The molecule has 0 saturated carbocycles. The Labute approximate surface area is 109 Å². The van der Waals surface area contributed by atoms with Crippen LogP contribution in [0, 0.1) is 0 Å². The number of hydrogen-bond acceptors (Lipinski definition) is 5. The maximum atomic E-state index is 11.8. The maximum Gasteiger partial charge on any atom is 0.327 e. The van der Waals surface area contributed by atoms with Crippen molar-refractivity contribution in [3.8, 4) is 0 Å². The van der Waals surface area contributed by atoms with Gasteiger partial charge in [-0.05, 0) is 33.0 Å². The first-order chi connectivity index (χ1) is 8.46. The predicted molar refractivity (Wildman–Crippen MR) is 67.1 cm³/mol. The van der Waals surface area contributed by atoms with E-state index < -0.39 is 18.1 Å². The summed E-state index contributed by atoms with van der Waals surface area (Å²) < 4.78 is -0.340. The highest BCUT2D eigenvalue weighted by molar-refractivity contribution is 8.01. The third kappa shape index (κ3) is 1.44. The van der Waals surface area contributed by atoms with Gasteiger partial charge in [-0.1, -0.05) is 0 Å². The first kappa shape index (κ1) is 12.3. The van der Waals surface area contributed by atoms with Crippen molar-refractivity contribution < 1.29 is 14.7 Å². The fourth-order valence-electron chi connectivity index (χ4n) is 3.21. The van der Waals surface area contributed by atoms with Gasteiger partial charge in [0.2, 0.25) is 5.91 Å². The lowest BCUT2D eigenvalue weighted by atomic mass is 9.86. The molecule has 3 heterocycles. The van der Waals surface area contributed by atoms with Gasteiger partial charge in [0, 0.05) is 0 Å². The summed E-state index contributed by atoms with van der Waals surface area (Å²) in [5.74, 6) is -1.11. The number of β-lactam (4-membered cyclic amide) rings is 1. The summed E-state index contributed by atoms with van der Waals surface area (Å²) in [5, 5.41) is 9.32. The van der Waals surface area contributed by atoms with Crippen LogP contribution < -0.4 is 5.73 Å². The number of thioether (sulfide) groups is 1. The van der Waals surface area contributed by atoms with Gasteiger partial charge in [0.25, 0.3) is 0 Å². The molecule has 100 valence electrons. The smallest absolute Gasteiger partial charge is 0.327 e. The number of likely N-dealkylation sites (tertiary alicyclic amines) is 1. The van der Waals surface area contributed by atoms with Crippen LogP contribution in [0.1, 0.15) is 12.8 Å². The van der Waals surface area contributed by atoms with Crippen LogP contribution in [0.5, 0.6) is 0 Å². The molecule has 0 radical (unpaired) electrons. The molecular formula is C11H17N3O3S. The fourth-order valence-corrected chi connectivity index (χ4v) is 5.05. The van der Waals surface area contributed by atoms with Crippen LogP contribution >= 0.6 is 11.8 Å². The van der Waals surface area contributed by atoms with Gasteiger partial charge >= 0.3 is 5.97 Å². The van der Waals surface area contributed by atoms with Gasteiger partial charge in [-0.15, -0.1) is 11.8 Å². The third-order valence-electron chi connectivity index (χ3n) is 4.32. The fraction of sp³-hybridized carbons (Fsp3) is 0.818. The Morgan fingerprint density at radius 3 is 2.67 bits per heavy atom. The molecule has 6 nitrogen and oxygen atoms in total. The molecule has 3 aliphatic heterocycles. The van der Waals surface area contributed by atoms with Crippen LogP contribution in [-0.2, 0) is 9.59 Å². The molecule has 3 aliphatic rings. The maximum absolute atomic E-state index is 11.8. The zero-order chi connectivity index (χ0) is 13.1. The van der Waals surface area contributed by atoms with E-state index in [4.69, 9.17) is 5.73 Å². The number of nitrogens with zero attached hydrogens (tertiary/aromatic N) is 2. The van der Waals surface area contributed by atoms with Gasteiger partial charge in [0.15, 0.2) is 0 Å². The molecule has 0 bridgehead atoms. The molecule has 0 aromatic rings. The van der Waals surface area contributed by atoms with E-state index in [9.17, 15) is 14.7 Å². The minimum atomic E-state index is -0.894. The SMILES string of the molecule is CN1CCC2(CC1)S[C@@H]1C(N)C(=O)N1C2C(=O)O. The number of carboxylic acids is 1. The van der Waals surface area contributed by atoms with Crippen molar-refractivity contribution in [2.45, 2.75) is 35.0 Å². The summed E-state index contributed by atoms with van der Waals surface area (Å²) in [7, 11) is 2.04. The van der Waals surface area contributed by atoms with Crippen LogP contribution in [-0.4, -0.2) is 69.1 Å². The van der Waals surface area contributed by atoms with E-state index in [0.717, 1.165) is 25.9 Å². The molecule has 3 fully saturated rings. The molecule has 3 rings (SSSR count). The monoisotopic (exact) mass is 271 g/mol. The van der Waals surface area contributed by atoms with E-state index in [1.807, 2.05) is 7.05 Å². The molecule has 18 heavy (non-hydrogen) atoms. The summed E-state index contributed by atoms with van der Waals surface area (Å²) in [6.45, 7) is 1.75. The lowest BCUT2D eigenvalue weighted by Crippen LogP contribution is -2.69. The van der Waals surface area contributed by atoms with Crippen LogP contribution in [0.25, 0.3) is 0 Å². The topological polar surface area (TPSA) is 86.9 Å². The molecule has 3 N–H and O–H groups in total. The highest BCUT2D eigenvalue weighted by atomic mass is 32.2. The van der Waals surface area contributed by atoms with E-state index in [0.29, 0.717) is 0 Å². The van der Waals surface area contributed by atoms with Crippen molar-refractivity contribution >= 4 is 23.6 Å². The van der Waals surface area contributed by atoms with Gasteiger partial charge in [-0.2, -0.15) is 0 Å². The number of carbonyl (C=O) groups is 2. The zero-order valence-electron chi connectivity index (χ0n) is 10.2. The van der Waals surface area contributed by atoms with Crippen molar-refractivity contribution in [2.75, 3.05) is 20.1 Å². The van der Waals surface area contributed by atoms with Crippen LogP contribution in [0.15, 0.2) is 0 Å². The quantitative estimate of drug-likeness (QED) is 0.604. The summed E-state index contributed by atoms with van der Waals surface area (Å²) in [4.78, 5) is 27.0. The Kier molecular flexibility index (Phi) is 2.62. The molecule has 0 aliphatic carbocycles.